The molecule has 2 aliphatic heterocycles. The lowest BCUT2D eigenvalue weighted by atomic mass is 10.2. The van der Waals surface area contributed by atoms with Crippen molar-refractivity contribution in [2.75, 3.05) is 26.3 Å². The molecule has 2 aliphatic rings. The molecular weight excluding hydrogens is 246 g/mol. The van der Waals surface area contributed by atoms with E-state index in [1.165, 1.54) is 16.8 Å². The first-order valence-corrected chi connectivity index (χ1v) is 6.83. The van der Waals surface area contributed by atoms with Gasteiger partial charge in [0.1, 0.15) is 0 Å². The lowest BCUT2D eigenvalue weighted by Crippen LogP contribution is -2.37. The van der Waals surface area contributed by atoms with Gasteiger partial charge in [-0.05, 0) is 0 Å². The van der Waals surface area contributed by atoms with Crippen LogP contribution in [0.2, 0.25) is 0 Å². The Bertz CT molecular complexity index is 492. The van der Waals surface area contributed by atoms with E-state index >= 15 is 0 Å². The van der Waals surface area contributed by atoms with E-state index in [0.29, 0.717) is 26.2 Å². The Balaban J connectivity index is 1.83. The van der Waals surface area contributed by atoms with Gasteiger partial charge in [0, 0.05) is 13.0 Å². The van der Waals surface area contributed by atoms with E-state index in [0.717, 1.165) is 0 Å². The molecule has 94 valence electrons. The Morgan fingerprint density at radius 1 is 1.41 bits per heavy atom. The van der Waals surface area contributed by atoms with Crippen molar-refractivity contribution in [2.24, 2.45) is 0 Å². The number of hydrogen-bond donors (Lipinski definition) is 1. The van der Waals surface area contributed by atoms with Gasteiger partial charge in [-0.25, -0.2) is 13.4 Å². The Labute approximate surface area is 98.8 Å². The van der Waals surface area contributed by atoms with Crippen LogP contribution in [0.5, 0.6) is 0 Å². The van der Waals surface area contributed by atoms with E-state index in [4.69, 9.17) is 9.47 Å². The Morgan fingerprint density at radius 3 is 2.82 bits per heavy atom. The second-order valence-corrected chi connectivity index (χ2v) is 6.02. The zero-order chi connectivity index (χ0) is 11.9. The summed E-state index contributed by atoms with van der Waals surface area (Å²) in [5, 5.41) is 0.104. The average molecular weight is 259 g/mol. The SMILES string of the molecule is O=S(=O)(c1cnc[nH]1)N1CCC2(C1)OCCO2. The van der Waals surface area contributed by atoms with Gasteiger partial charge in [0.15, 0.2) is 10.8 Å². The quantitative estimate of drug-likeness (QED) is 0.777. The van der Waals surface area contributed by atoms with Crippen molar-refractivity contribution in [3.63, 3.8) is 0 Å². The highest BCUT2D eigenvalue weighted by molar-refractivity contribution is 7.89. The van der Waals surface area contributed by atoms with Crippen molar-refractivity contribution in [3.8, 4) is 0 Å². The van der Waals surface area contributed by atoms with Crippen LogP contribution in [0.15, 0.2) is 17.6 Å². The van der Waals surface area contributed by atoms with Crippen LogP contribution in [0.1, 0.15) is 6.42 Å². The molecule has 0 amide bonds. The highest BCUT2D eigenvalue weighted by Crippen LogP contribution is 2.33. The van der Waals surface area contributed by atoms with Crippen LogP contribution in [-0.2, 0) is 19.5 Å². The molecule has 1 N–H and O–H groups in total. The first-order valence-electron chi connectivity index (χ1n) is 5.39. The molecule has 2 fully saturated rings. The number of rotatable bonds is 2. The molecule has 0 aromatic carbocycles. The molecule has 0 bridgehead atoms. The number of ether oxygens (including phenoxy) is 2. The first-order chi connectivity index (χ1) is 8.12. The predicted octanol–water partition coefficient (Wildman–Crippen LogP) is -0.453. The fourth-order valence-electron chi connectivity index (χ4n) is 2.18. The summed E-state index contributed by atoms with van der Waals surface area (Å²) in [4.78, 5) is 6.34. The van der Waals surface area contributed by atoms with Gasteiger partial charge in [0.05, 0.1) is 32.3 Å². The number of imidazole rings is 1. The highest BCUT2D eigenvalue weighted by atomic mass is 32.2. The molecule has 8 heteroatoms. The van der Waals surface area contributed by atoms with Crippen molar-refractivity contribution in [3.05, 3.63) is 12.5 Å². The fraction of sp³-hybridized carbons (Fsp3) is 0.667. The molecule has 1 aromatic heterocycles. The summed E-state index contributed by atoms with van der Waals surface area (Å²) in [7, 11) is -3.50. The van der Waals surface area contributed by atoms with E-state index in [-0.39, 0.29) is 11.6 Å². The minimum Gasteiger partial charge on any atom is -0.346 e. The van der Waals surface area contributed by atoms with Crippen molar-refractivity contribution in [1.82, 2.24) is 14.3 Å². The zero-order valence-electron chi connectivity index (χ0n) is 9.13. The smallest absolute Gasteiger partial charge is 0.260 e. The number of nitrogens with zero attached hydrogens (tertiary/aromatic N) is 2. The van der Waals surface area contributed by atoms with E-state index < -0.39 is 15.8 Å². The molecule has 2 saturated heterocycles. The summed E-state index contributed by atoms with van der Waals surface area (Å²) in [6.45, 7) is 1.70. The number of aromatic nitrogens is 2. The van der Waals surface area contributed by atoms with Crippen molar-refractivity contribution < 1.29 is 17.9 Å². The minimum absolute atomic E-state index is 0.104. The van der Waals surface area contributed by atoms with Crippen LogP contribution < -0.4 is 0 Å². The fourth-order valence-corrected chi connectivity index (χ4v) is 3.56. The third-order valence-electron chi connectivity index (χ3n) is 3.06. The van der Waals surface area contributed by atoms with Crippen LogP contribution in [-0.4, -0.2) is 54.8 Å². The summed E-state index contributed by atoms with van der Waals surface area (Å²) >= 11 is 0. The lowest BCUT2D eigenvalue weighted by molar-refractivity contribution is -0.142. The van der Waals surface area contributed by atoms with E-state index in [1.54, 1.807) is 0 Å². The molecule has 0 aliphatic carbocycles. The highest BCUT2D eigenvalue weighted by Gasteiger charge is 2.47. The molecule has 7 nitrogen and oxygen atoms in total. The minimum atomic E-state index is -3.50. The second-order valence-electron chi connectivity index (χ2n) is 4.11. The summed E-state index contributed by atoms with van der Waals surface area (Å²) in [5.41, 5.74) is 0. The van der Waals surface area contributed by atoms with Gasteiger partial charge in [-0.2, -0.15) is 4.31 Å². The van der Waals surface area contributed by atoms with Crippen LogP contribution >= 0.6 is 0 Å². The van der Waals surface area contributed by atoms with Gasteiger partial charge in [0.2, 0.25) is 0 Å². The van der Waals surface area contributed by atoms with Crippen LogP contribution in [0.4, 0.5) is 0 Å². The summed E-state index contributed by atoms with van der Waals surface area (Å²) < 4.78 is 36.7. The third kappa shape index (κ3) is 1.77. The van der Waals surface area contributed by atoms with Crippen LogP contribution in [0.25, 0.3) is 0 Å². The van der Waals surface area contributed by atoms with Gasteiger partial charge < -0.3 is 14.5 Å². The van der Waals surface area contributed by atoms with Crippen molar-refractivity contribution in [2.45, 2.75) is 17.2 Å². The number of sulfonamides is 1. The molecule has 0 saturated carbocycles. The topological polar surface area (TPSA) is 84.5 Å². The predicted molar refractivity (Wildman–Crippen MR) is 56.6 cm³/mol. The Morgan fingerprint density at radius 2 is 2.18 bits per heavy atom. The Hall–Kier alpha value is -0.960. The monoisotopic (exact) mass is 259 g/mol. The molecule has 3 rings (SSSR count). The first kappa shape index (κ1) is 11.1. The number of nitrogens with one attached hydrogen (secondary N) is 1. The van der Waals surface area contributed by atoms with Gasteiger partial charge in [0.25, 0.3) is 10.0 Å². The molecule has 17 heavy (non-hydrogen) atoms. The largest absolute Gasteiger partial charge is 0.346 e. The maximum Gasteiger partial charge on any atom is 0.260 e. The number of H-pyrrole nitrogens is 1. The van der Waals surface area contributed by atoms with E-state index in [2.05, 4.69) is 9.97 Å². The third-order valence-corrected chi connectivity index (χ3v) is 4.83. The summed E-state index contributed by atoms with van der Waals surface area (Å²) in [6.07, 6.45) is 3.22. The summed E-state index contributed by atoms with van der Waals surface area (Å²) in [5.74, 6) is -0.729. The molecule has 1 aromatic rings. The van der Waals surface area contributed by atoms with Crippen molar-refractivity contribution in [1.29, 1.82) is 0 Å². The van der Waals surface area contributed by atoms with Gasteiger partial charge in [-0.3, -0.25) is 0 Å². The van der Waals surface area contributed by atoms with Gasteiger partial charge in [-0.1, -0.05) is 0 Å². The zero-order valence-corrected chi connectivity index (χ0v) is 9.94. The molecule has 0 unspecified atom stereocenters. The Kier molecular flexibility index (Phi) is 2.47. The van der Waals surface area contributed by atoms with E-state index in [9.17, 15) is 8.42 Å². The molecular formula is C9H13N3O4S. The lowest BCUT2D eigenvalue weighted by Gasteiger charge is -2.21. The maximum atomic E-state index is 12.2. The van der Waals surface area contributed by atoms with E-state index in [1.807, 2.05) is 0 Å². The van der Waals surface area contributed by atoms with Crippen LogP contribution in [0.3, 0.4) is 0 Å². The molecule has 0 atom stereocenters. The van der Waals surface area contributed by atoms with Gasteiger partial charge in [-0.15, -0.1) is 0 Å². The second kappa shape index (κ2) is 3.77. The molecule has 1 spiro atoms. The van der Waals surface area contributed by atoms with Crippen molar-refractivity contribution >= 4 is 10.0 Å². The normalized spacial score (nSPS) is 24.7. The molecule has 3 heterocycles. The standard InChI is InChI=1S/C9H13N3O4S/c13-17(14,8-5-10-7-11-8)12-2-1-9(6-12)15-3-4-16-9/h5,7H,1-4,6H2,(H,10,11). The molecule has 0 radical (unpaired) electrons. The number of hydrogen-bond acceptors (Lipinski definition) is 5. The van der Waals surface area contributed by atoms with Crippen LogP contribution in [0, 0.1) is 0 Å². The maximum absolute atomic E-state index is 12.2. The average Bonchev–Trinajstić information content (AvgIpc) is 3.02. The summed E-state index contributed by atoms with van der Waals surface area (Å²) in [6, 6.07) is 0. The van der Waals surface area contributed by atoms with Gasteiger partial charge >= 0.3 is 0 Å². The number of aromatic amines is 1.